The van der Waals surface area contributed by atoms with Crippen molar-refractivity contribution in [1.29, 1.82) is 0 Å². The van der Waals surface area contributed by atoms with Crippen molar-refractivity contribution in [3.8, 4) is 34.0 Å². The van der Waals surface area contributed by atoms with E-state index in [2.05, 4.69) is 173 Å². The van der Waals surface area contributed by atoms with Crippen molar-refractivity contribution in [2.24, 2.45) is 0 Å². The van der Waals surface area contributed by atoms with Crippen molar-refractivity contribution in [3.63, 3.8) is 0 Å². The molecule has 4 aromatic heterocycles. The first kappa shape index (κ1) is 30.0. The first-order valence-corrected chi connectivity index (χ1v) is 18.6. The van der Waals surface area contributed by atoms with E-state index in [0.717, 1.165) is 83.1 Å². The van der Waals surface area contributed by atoms with Gasteiger partial charge in [-0.05, 0) is 60.7 Å². The van der Waals surface area contributed by atoms with E-state index in [4.69, 9.17) is 14.4 Å². The summed E-state index contributed by atoms with van der Waals surface area (Å²) < 4.78 is 11.8. The van der Waals surface area contributed by atoms with Crippen molar-refractivity contribution in [1.82, 2.24) is 19.1 Å². The lowest BCUT2D eigenvalue weighted by molar-refractivity contribution is 0.671. The highest BCUT2D eigenvalue weighted by atomic mass is 16.3. The molecule has 0 saturated carbocycles. The van der Waals surface area contributed by atoms with Crippen molar-refractivity contribution in [3.05, 3.63) is 182 Å². The van der Waals surface area contributed by atoms with Crippen LogP contribution in [0, 0.1) is 0 Å². The second-order valence-corrected chi connectivity index (χ2v) is 14.1. The molecule has 0 saturated heterocycles. The van der Waals surface area contributed by atoms with E-state index in [9.17, 15) is 0 Å². The van der Waals surface area contributed by atoms with Crippen LogP contribution in [0.2, 0.25) is 0 Å². The van der Waals surface area contributed by atoms with Gasteiger partial charge in [-0.2, -0.15) is 0 Å². The topological polar surface area (TPSA) is 48.8 Å². The summed E-state index contributed by atoms with van der Waals surface area (Å²) >= 11 is 0. The average molecular weight is 703 g/mol. The molecule has 4 heterocycles. The second kappa shape index (κ2) is 11.5. The Morgan fingerprint density at radius 1 is 0.382 bits per heavy atom. The minimum atomic E-state index is 0.699. The maximum absolute atomic E-state index is 6.96. The summed E-state index contributed by atoms with van der Waals surface area (Å²) in [5, 5.41) is 8.01. The molecule has 0 radical (unpaired) electrons. The second-order valence-electron chi connectivity index (χ2n) is 14.1. The molecule has 5 heteroatoms. The van der Waals surface area contributed by atoms with Crippen LogP contribution in [-0.4, -0.2) is 19.1 Å². The molecule has 12 aromatic rings. The Morgan fingerprint density at radius 2 is 0.927 bits per heavy atom. The number of benzene rings is 8. The SMILES string of the molecule is c1ccc(-c2nc(-c3ccc(-n4c5ccccc5c5c6c7ccccc7n(-c7ccccc7)c6c6oc7ccccc7c6c54)cc3)nc3ccccc23)cc1. The summed E-state index contributed by atoms with van der Waals surface area (Å²) in [5.74, 6) is 0.699. The molecule has 0 aliphatic rings. The molecular formula is C50H30N4O. The quantitative estimate of drug-likeness (QED) is 0.183. The number of hydrogen-bond acceptors (Lipinski definition) is 3. The predicted molar refractivity (Wildman–Crippen MR) is 226 cm³/mol. The van der Waals surface area contributed by atoms with Gasteiger partial charge in [-0.3, -0.25) is 0 Å². The van der Waals surface area contributed by atoms with Gasteiger partial charge in [0.1, 0.15) is 5.58 Å². The van der Waals surface area contributed by atoms with Gasteiger partial charge in [0, 0.05) is 54.8 Å². The summed E-state index contributed by atoms with van der Waals surface area (Å²) in [6, 6.07) is 63.9. The highest BCUT2D eigenvalue weighted by Crippen LogP contribution is 2.49. The first-order valence-electron chi connectivity index (χ1n) is 18.6. The van der Waals surface area contributed by atoms with E-state index in [1.807, 2.05) is 18.2 Å². The van der Waals surface area contributed by atoms with Crippen molar-refractivity contribution >= 4 is 76.5 Å². The largest absolute Gasteiger partial charge is 0.454 e. The highest BCUT2D eigenvalue weighted by Gasteiger charge is 2.27. The maximum atomic E-state index is 6.96. The molecule has 256 valence electrons. The fourth-order valence-electron chi connectivity index (χ4n) is 8.78. The molecule has 5 nitrogen and oxygen atoms in total. The molecule has 0 bridgehead atoms. The van der Waals surface area contributed by atoms with Crippen LogP contribution in [0.25, 0.3) is 110 Å². The van der Waals surface area contributed by atoms with Gasteiger partial charge in [-0.15, -0.1) is 0 Å². The molecule has 12 rings (SSSR count). The molecule has 0 aliphatic heterocycles. The van der Waals surface area contributed by atoms with E-state index >= 15 is 0 Å². The van der Waals surface area contributed by atoms with Crippen LogP contribution < -0.4 is 0 Å². The average Bonchev–Trinajstić information content (AvgIpc) is 3.92. The molecule has 0 aliphatic carbocycles. The minimum absolute atomic E-state index is 0.699. The lowest BCUT2D eigenvalue weighted by Crippen LogP contribution is -1.97. The smallest absolute Gasteiger partial charge is 0.162 e. The predicted octanol–water partition coefficient (Wildman–Crippen LogP) is 13.1. The van der Waals surface area contributed by atoms with Crippen LogP contribution in [0.15, 0.2) is 186 Å². The van der Waals surface area contributed by atoms with Crippen molar-refractivity contribution in [2.45, 2.75) is 0 Å². The number of furan rings is 1. The zero-order valence-electron chi connectivity index (χ0n) is 29.5. The van der Waals surface area contributed by atoms with Crippen LogP contribution in [0.5, 0.6) is 0 Å². The van der Waals surface area contributed by atoms with Crippen LogP contribution in [0.3, 0.4) is 0 Å². The maximum Gasteiger partial charge on any atom is 0.162 e. The Bertz CT molecular complexity index is 3470. The van der Waals surface area contributed by atoms with Gasteiger partial charge in [-0.1, -0.05) is 121 Å². The summed E-state index contributed by atoms with van der Waals surface area (Å²) in [6.45, 7) is 0. The fourth-order valence-corrected chi connectivity index (χ4v) is 8.78. The molecular weight excluding hydrogens is 673 g/mol. The van der Waals surface area contributed by atoms with Gasteiger partial charge in [-0.25, -0.2) is 9.97 Å². The molecule has 0 unspecified atom stereocenters. The van der Waals surface area contributed by atoms with Crippen molar-refractivity contribution < 1.29 is 4.42 Å². The van der Waals surface area contributed by atoms with Crippen LogP contribution >= 0.6 is 0 Å². The monoisotopic (exact) mass is 702 g/mol. The molecule has 0 atom stereocenters. The normalized spacial score (nSPS) is 12.0. The summed E-state index contributed by atoms with van der Waals surface area (Å²) in [5.41, 5.74) is 12.3. The van der Waals surface area contributed by atoms with Crippen molar-refractivity contribution in [2.75, 3.05) is 0 Å². The summed E-state index contributed by atoms with van der Waals surface area (Å²) in [7, 11) is 0. The van der Waals surface area contributed by atoms with Gasteiger partial charge < -0.3 is 13.6 Å². The van der Waals surface area contributed by atoms with Crippen LogP contribution in [-0.2, 0) is 0 Å². The number of fused-ring (bicyclic) bond motifs is 13. The third-order valence-corrected chi connectivity index (χ3v) is 11.1. The Kier molecular flexibility index (Phi) is 6.27. The standard InChI is InChI=1S/C50H30N4O/c1-3-15-31(16-4-1)46-35-19-7-11-23-39(35)51-50(52-46)32-27-29-34(30-28-32)53-40-24-12-8-20-36(40)43-44-37-21-9-13-25-41(37)54(33-17-5-2-6-18-33)48(44)49-45(47(43)53)38-22-10-14-26-42(38)55-49/h1-30H. The number of hydrogen-bond donors (Lipinski definition) is 0. The Hall–Kier alpha value is -7.50. The number of para-hydroxylation sites is 5. The summed E-state index contributed by atoms with van der Waals surface area (Å²) in [6.07, 6.45) is 0. The third-order valence-electron chi connectivity index (χ3n) is 11.1. The summed E-state index contributed by atoms with van der Waals surface area (Å²) in [4.78, 5) is 10.2. The molecule has 0 fully saturated rings. The van der Waals surface area contributed by atoms with Crippen LogP contribution in [0.1, 0.15) is 0 Å². The molecule has 0 N–H and O–H groups in total. The van der Waals surface area contributed by atoms with E-state index in [1.54, 1.807) is 0 Å². The van der Waals surface area contributed by atoms with E-state index in [1.165, 1.54) is 21.5 Å². The molecule has 0 amide bonds. The Balaban J connectivity index is 1.18. The first-order chi connectivity index (χ1) is 27.3. The Morgan fingerprint density at radius 3 is 1.65 bits per heavy atom. The van der Waals surface area contributed by atoms with E-state index < -0.39 is 0 Å². The number of aromatic nitrogens is 4. The zero-order valence-corrected chi connectivity index (χ0v) is 29.5. The third kappa shape index (κ3) is 4.29. The molecule has 8 aromatic carbocycles. The lowest BCUT2D eigenvalue weighted by atomic mass is 10.0. The Labute approximate surface area is 315 Å². The van der Waals surface area contributed by atoms with Crippen LogP contribution in [0.4, 0.5) is 0 Å². The van der Waals surface area contributed by atoms with Gasteiger partial charge in [0.2, 0.25) is 0 Å². The molecule has 55 heavy (non-hydrogen) atoms. The lowest BCUT2D eigenvalue weighted by Gasteiger charge is -2.12. The zero-order chi connectivity index (χ0) is 36.0. The minimum Gasteiger partial charge on any atom is -0.454 e. The number of rotatable bonds is 4. The van der Waals surface area contributed by atoms with E-state index in [0.29, 0.717) is 5.82 Å². The van der Waals surface area contributed by atoms with Gasteiger partial charge in [0.15, 0.2) is 11.4 Å². The highest BCUT2D eigenvalue weighted by molar-refractivity contribution is 6.39. The van der Waals surface area contributed by atoms with E-state index in [-0.39, 0.29) is 0 Å². The molecule has 0 spiro atoms. The van der Waals surface area contributed by atoms with Gasteiger partial charge >= 0.3 is 0 Å². The van der Waals surface area contributed by atoms with Gasteiger partial charge in [0.25, 0.3) is 0 Å². The fraction of sp³-hybridized carbons (Fsp3) is 0. The number of nitrogens with zero attached hydrogens (tertiary/aromatic N) is 4. The van der Waals surface area contributed by atoms with Gasteiger partial charge in [0.05, 0.1) is 38.7 Å².